The topological polar surface area (TPSA) is 46.3 Å². The minimum absolute atomic E-state index is 0.117. The Hall–Kier alpha value is -0.710. The third-order valence-electron chi connectivity index (χ3n) is 2.48. The van der Waals surface area contributed by atoms with Gasteiger partial charge in [-0.05, 0) is 6.42 Å². The van der Waals surface area contributed by atoms with E-state index >= 15 is 0 Å². The van der Waals surface area contributed by atoms with E-state index in [1.54, 1.807) is 6.92 Å². The van der Waals surface area contributed by atoms with Crippen LogP contribution in [0.1, 0.15) is 19.8 Å². The Morgan fingerprint density at radius 3 is 2.79 bits per heavy atom. The Balaban J connectivity index is 2.56. The van der Waals surface area contributed by atoms with Crippen molar-refractivity contribution in [3.63, 3.8) is 0 Å². The molecule has 1 saturated heterocycles. The molecule has 14 heavy (non-hydrogen) atoms. The first-order chi connectivity index (χ1) is 6.46. The molecule has 1 aliphatic heterocycles. The molecule has 1 heterocycles. The molecule has 0 aliphatic carbocycles. The standard InChI is InChI=1S/C9H16F2N2O/c1-7(5-12)8(14)13-4-2-3-9(10,11)6-13/h7H,2-6,12H2,1H3. The lowest BCUT2D eigenvalue weighted by molar-refractivity contribution is -0.145. The number of carbonyl (C=O) groups is 1. The molecule has 1 atom stereocenters. The lowest BCUT2D eigenvalue weighted by Crippen LogP contribution is -2.48. The van der Waals surface area contributed by atoms with E-state index in [1.165, 1.54) is 4.90 Å². The molecule has 0 radical (unpaired) electrons. The molecule has 0 aromatic carbocycles. The van der Waals surface area contributed by atoms with Gasteiger partial charge in [0.15, 0.2) is 0 Å². The summed E-state index contributed by atoms with van der Waals surface area (Å²) in [6.45, 7) is 1.85. The second-order valence-electron chi connectivity index (χ2n) is 3.86. The van der Waals surface area contributed by atoms with Gasteiger partial charge in [-0.3, -0.25) is 4.79 Å². The van der Waals surface area contributed by atoms with Gasteiger partial charge in [0.25, 0.3) is 5.92 Å². The molecular formula is C9H16F2N2O. The maximum Gasteiger partial charge on any atom is 0.265 e. The van der Waals surface area contributed by atoms with Gasteiger partial charge in [-0.25, -0.2) is 8.78 Å². The number of hydrogen-bond donors (Lipinski definition) is 1. The van der Waals surface area contributed by atoms with E-state index in [2.05, 4.69) is 0 Å². The summed E-state index contributed by atoms with van der Waals surface area (Å²) in [6.07, 6.45) is 0.254. The fourth-order valence-electron chi connectivity index (χ4n) is 1.57. The van der Waals surface area contributed by atoms with Crippen LogP contribution in [0, 0.1) is 5.92 Å². The van der Waals surface area contributed by atoms with Crippen LogP contribution >= 0.6 is 0 Å². The highest BCUT2D eigenvalue weighted by Crippen LogP contribution is 2.27. The molecule has 1 amide bonds. The molecule has 0 aromatic rings. The molecule has 0 aromatic heterocycles. The number of likely N-dealkylation sites (tertiary alicyclic amines) is 1. The van der Waals surface area contributed by atoms with E-state index in [4.69, 9.17) is 5.73 Å². The molecule has 1 rings (SSSR count). The van der Waals surface area contributed by atoms with Gasteiger partial charge in [0.1, 0.15) is 0 Å². The van der Waals surface area contributed by atoms with Gasteiger partial charge in [0.2, 0.25) is 5.91 Å². The largest absolute Gasteiger partial charge is 0.336 e. The Morgan fingerprint density at radius 1 is 1.64 bits per heavy atom. The number of halogens is 2. The SMILES string of the molecule is CC(CN)C(=O)N1CCCC(F)(F)C1. The lowest BCUT2D eigenvalue weighted by Gasteiger charge is -2.33. The monoisotopic (exact) mass is 206 g/mol. The Kier molecular flexibility index (Phi) is 3.42. The molecule has 0 saturated carbocycles. The Morgan fingerprint density at radius 2 is 2.29 bits per heavy atom. The summed E-state index contributed by atoms with van der Waals surface area (Å²) in [7, 11) is 0. The van der Waals surface area contributed by atoms with Crippen molar-refractivity contribution in [2.24, 2.45) is 11.7 Å². The number of nitrogens with zero attached hydrogens (tertiary/aromatic N) is 1. The average Bonchev–Trinajstić information content (AvgIpc) is 2.14. The predicted octanol–water partition coefficient (Wildman–Crippen LogP) is 0.839. The zero-order valence-corrected chi connectivity index (χ0v) is 8.30. The quantitative estimate of drug-likeness (QED) is 0.727. The minimum atomic E-state index is -2.72. The summed E-state index contributed by atoms with van der Waals surface area (Å²) in [5.74, 6) is -3.34. The number of nitrogens with two attached hydrogens (primary N) is 1. The molecule has 0 bridgehead atoms. The lowest BCUT2D eigenvalue weighted by atomic mass is 10.0. The Labute approximate surface area is 82.2 Å². The average molecular weight is 206 g/mol. The number of piperidine rings is 1. The molecule has 2 N–H and O–H groups in total. The van der Waals surface area contributed by atoms with Crippen LogP contribution in [0.2, 0.25) is 0 Å². The third kappa shape index (κ3) is 2.64. The summed E-state index contributed by atoms with van der Waals surface area (Å²) < 4.78 is 25.9. The van der Waals surface area contributed by atoms with Crippen molar-refractivity contribution in [3.8, 4) is 0 Å². The maximum absolute atomic E-state index is 13.0. The number of hydrogen-bond acceptors (Lipinski definition) is 2. The number of carbonyl (C=O) groups excluding carboxylic acids is 1. The smallest absolute Gasteiger partial charge is 0.265 e. The van der Waals surface area contributed by atoms with Crippen LogP contribution in [0.15, 0.2) is 0 Å². The summed E-state index contributed by atoms with van der Waals surface area (Å²) in [4.78, 5) is 12.8. The van der Waals surface area contributed by atoms with Gasteiger partial charge in [-0.1, -0.05) is 6.92 Å². The van der Waals surface area contributed by atoms with Crippen molar-refractivity contribution in [1.82, 2.24) is 4.90 Å². The van der Waals surface area contributed by atoms with Crippen molar-refractivity contribution >= 4 is 5.91 Å². The van der Waals surface area contributed by atoms with Crippen molar-refractivity contribution in [2.45, 2.75) is 25.7 Å². The van der Waals surface area contributed by atoms with E-state index in [-0.39, 0.29) is 24.8 Å². The molecule has 82 valence electrons. The summed E-state index contributed by atoms with van der Waals surface area (Å²) >= 11 is 0. The highest BCUT2D eigenvalue weighted by molar-refractivity contribution is 5.78. The van der Waals surface area contributed by atoms with Gasteiger partial charge in [-0.2, -0.15) is 0 Å². The van der Waals surface area contributed by atoms with Crippen LogP contribution in [-0.4, -0.2) is 36.4 Å². The van der Waals surface area contributed by atoms with Crippen LogP contribution in [0.5, 0.6) is 0 Å². The van der Waals surface area contributed by atoms with Crippen molar-refractivity contribution in [3.05, 3.63) is 0 Å². The third-order valence-corrected chi connectivity index (χ3v) is 2.48. The summed E-state index contributed by atoms with van der Waals surface area (Å²) in [5, 5.41) is 0. The minimum Gasteiger partial charge on any atom is -0.336 e. The van der Waals surface area contributed by atoms with Gasteiger partial charge >= 0.3 is 0 Å². The van der Waals surface area contributed by atoms with Gasteiger partial charge in [0.05, 0.1) is 6.54 Å². The first-order valence-electron chi connectivity index (χ1n) is 4.83. The van der Waals surface area contributed by atoms with Crippen molar-refractivity contribution in [1.29, 1.82) is 0 Å². The molecule has 5 heteroatoms. The highest BCUT2D eigenvalue weighted by atomic mass is 19.3. The number of amides is 1. The fraction of sp³-hybridized carbons (Fsp3) is 0.889. The van der Waals surface area contributed by atoms with E-state index < -0.39 is 12.5 Å². The first-order valence-corrected chi connectivity index (χ1v) is 4.83. The van der Waals surface area contributed by atoms with Crippen LogP contribution in [0.25, 0.3) is 0 Å². The van der Waals surface area contributed by atoms with E-state index in [0.29, 0.717) is 13.0 Å². The van der Waals surface area contributed by atoms with E-state index in [0.717, 1.165) is 0 Å². The molecule has 1 fully saturated rings. The van der Waals surface area contributed by atoms with E-state index in [1.807, 2.05) is 0 Å². The number of rotatable bonds is 2. The number of alkyl halides is 2. The summed E-state index contributed by atoms with van der Waals surface area (Å²) in [5.41, 5.74) is 5.31. The zero-order chi connectivity index (χ0) is 10.8. The molecule has 3 nitrogen and oxygen atoms in total. The van der Waals surface area contributed by atoms with Crippen LogP contribution in [-0.2, 0) is 4.79 Å². The molecule has 1 aliphatic rings. The molecule has 0 spiro atoms. The van der Waals surface area contributed by atoms with E-state index in [9.17, 15) is 13.6 Å². The van der Waals surface area contributed by atoms with Gasteiger partial charge in [-0.15, -0.1) is 0 Å². The fourth-order valence-corrected chi connectivity index (χ4v) is 1.57. The van der Waals surface area contributed by atoms with Gasteiger partial charge < -0.3 is 10.6 Å². The molecular weight excluding hydrogens is 190 g/mol. The molecule has 1 unspecified atom stereocenters. The van der Waals surface area contributed by atoms with Crippen LogP contribution in [0.4, 0.5) is 8.78 Å². The predicted molar refractivity (Wildman–Crippen MR) is 49.0 cm³/mol. The van der Waals surface area contributed by atoms with Crippen molar-refractivity contribution in [2.75, 3.05) is 19.6 Å². The maximum atomic E-state index is 13.0. The summed E-state index contributed by atoms with van der Waals surface area (Å²) in [6, 6.07) is 0. The van der Waals surface area contributed by atoms with Crippen LogP contribution < -0.4 is 5.73 Å². The van der Waals surface area contributed by atoms with Gasteiger partial charge in [0, 0.05) is 25.4 Å². The Bertz CT molecular complexity index is 221. The second-order valence-corrected chi connectivity index (χ2v) is 3.86. The van der Waals surface area contributed by atoms with Crippen molar-refractivity contribution < 1.29 is 13.6 Å². The second kappa shape index (κ2) is 4.21. The first kappa shape index (κ1) is 11.4. The highest BCUT2D eigenvalue weighted by Gasteiger charge is 2.37. The normalized spacial score (nSPS) is 23.3. The van der Waals surface area contributed by atoms with Crippen LogP contribution in [0.3, 0.4) is 0 Å². The zero-order valence-electron chi connectivity index (χ0n) is 8.30.